The summed E-state index contributed by atoms with van der Waals surface area (Å²) in [5.74, 6) is -0.986. The van der Waals surface area contributed by atoms with Gasteiger partial charge in [-0.1, -0.05) is 89.4 Å². The van der Waals surface area contributed by atoms with E-state index in [-0.39, 0.29) is 17.9 Å². The highest BCUT2D eigenvalue weighted by Gasteiger charge is 2.36. The molecule has 1 N–H and O–H groups in total. The van der Waals surface area contributed by atoms with E-state index in [2.05, 4.69) is 5.32 Å². The molecular weight excluding hydrogens is 653 g/mol. The molecule has 4 aromatic carbocycles. The van der Waals surface area contributed by atoms with Gasteiger partial charge in [-0.25, -0.2) is 8.42 Å². The van der Waals surface area contributed by atoms with Crippen LogP contribution < -0.4 is 9.62 Å². The van der Waals surface area contributed by atoms with Crippen molar-refractivity contribution in [3.63, 3.8) is 0 Å². The van der Waals surface area contributed by atoms with E-state index in [1.807, 2.05) is 77.9 Å². The van der Waals surface area contributed by atoms with Crippen molar-refractivity contribution in [2.24, 2.45) is 0 Å². The van der Waals surface area contributed by atoms with Crippen LogP contribution in [0.2, 0.25) is 10.0 Å². The van der Waals surface area contributed by atoms with Crippen molar-refractivity contribution in [3.05, 3.63) is 129 Å². The second kappa shape index (κ2) is 14.9. The molecule has 0 radical (unpaired) electrons. The van der Waals surface area contributed by atoms with Crippen molar-refractivity contribution in [1.82, 2.24) is 10.2 Å². The van der Waals surface area contributed by atoms with Gasteiger partial charge in [0.25, 0.3) is 10.0 Å². The maximum Gasteiger partial charge on any atom is 0.264 e. The first-order valence-electron chi connectivity index (χ1n) is 15.3. The lowest BCUT2D eigenvalue weighted by Crippen LogP contribution is -2.56. The molecule has 47 heavy (non-hydrogen) atoms. The van der Waals surface area contributed by atoms with E-state index in [9.17, 15) is 18.0 Å². The first-order valence-corrected chi connectivity index (χ1v) is 17.5. The highest BCUT2D eigenvalue weighted by atomic mass is 35.5. The van der Waals surface area contributed by atoms with Crippen LogP contribution in [-0.2, 0) is 32.6 Å². The number of carbonyl (C=O) groups excluding carboxylic acids is 2. The van der Waals surface area contributed by atoms with Gasteiger partial charge in [-0.15, -0.1) is 0 Å². The Labute approximate surface area is 288 Å². The molecule has 2 amide bonds. The van der Waals surface area contributed by atoms with Gasteiger partial charge in [-0.3, -0.25) is 13.9 Å². The van der Waals surface area contributed by atoms with Gasteiger partial charge in [0.2, 0.25) is 11.8 Å². The van der Waals surface area contributed by atoms with Gasteiger partial charge in [0.1, 0.15) is 12.6 Å². The number of benzene rings is 4. The summed E-state index contributed by atoms with van der Waals surface area (Å²) in [4.78, 5) is 30.2. The number of halogens is 2. The number of hydrogen-bond acceptors (Lipinski definition) is 4. The van der Waals surface area contributed by atoms with Crippen molar-refractivity contribution in [3.8, 4) is 0 Å². The van der Waals surface area contributed by atoms with Crippen LogP contribution in [0.5, 0.6) is 0 Å². The molecule has 0 spiro atoms. The minimum atomic E-state index is -4.23. The summed E-state index contributed by atoms with van der Waals surface area (Å²) >= 11 is 13.2. The van der Waals surface area contributed by atoms with Crippen LogP contribution in [0.15, 0.2) is 95.9 Å². The third-order valence-electron chi connectivity index (χ3n) is 7.89. The molecule has 7 nitrogen and oxygen atoms in total. The number of amides is 2. The molecule has 0 aliphatic rings. The van der Waals surface area contributed by atoms with Gasteiger partial charge in [0.05, 0.1) is 10.6 Å². The minimum Gasteiger partial charge on any atom is -0.350 e. The second-order valence-corrected chi connectivity index (χ2v) is 15.4. The average molecular weight is 695 g/mol. The van der Waals surface area contributed by atoms with Gasteiger partial charge >= 0.3 is 0 Å². The molecule has 0 heterocycles. The Bertz CT molecular complexity index is 1820. The molecule has 0 unspecified atom stereocenters. The largest absolute Gasteiger partial charge is 0.350 e. The van der Waals surface area contributed by atoms with Gasteiger partial charge in [0, 0.05) is 34.1 Å². The van der Waals surface area contributed by atoms with E-state index in [1.165, 1.54) is 17.0 Å². The summed E-state index contributed by atoms with van der Waals surface area (Å²) in [6.07, 6.45) is 0.171. The topological polar surface area (TPSA) is 86.8 Å². The summed E-state index contributed by atoms with van der Waals surface area (Å²) in [6.45, 7) is 10.5. The molecule has 4 aromatic rings. The normalized spacial score (nSPS) is 12.3. The van der Waals surface area contributed by atoms with Crippen LogP contribution in [0.3, 0.4) is 0 Å². The minimum absolute atomic E-state index is 0.0452. The lowest BCUT2D eigenvalue weighted by Gasteiger charge is -2.36. The molecule has 1 atom stereocenters. The van der Waals surface area contributed by atoms with Crippen molar-refractivity contribution in [2.75, 3.05) is 10.8 Å². The summed E-state index contributed by atoms with van der Waals surface area (Å²) < 4.78 is 29.8. The van der Waals surface area contributed by atoms with Gasteiger partial charge in [-0.05, 0) is 88.6 Å². The summed E-state index contributed by atoms with van der Waals surface area (Å²) in [6, 6.07) is 25.2. The maximum absolute atomic E-state index is 14.7. The number of sulfonamides is 1. The number of hydrogen-bond donors (Lipinski definition) is 1. The smallest absolute Gasteiger partial charge is 0.264 e. The van der Waals surface area contributed by atoms with Crippen LogP contribution in [-0.4, -0.2) is 43.3 Å². The number of nitrogens with one attached hydrogen (secondary N) is 1. The molecule has 0 aliphatic heterocycles. The van der Waals surface area contributed by atoms with Crippen LogP contribution in [0.25, 0.3) is 0 Å². The Morgan fingerprint density at radius 2 is 1.40 bits per heavy atom. The molecule has 0 fully saturated rings. The summed E-state index contributed by atoms with van der Waals surface area (Å²) in [5, 5.41) is 3.67. The molecular formula is C37H41Cl2N3O4S. The third-order valence-corrected chi connectivity index (χ3v) is 10.4. The van der Waals surface area contributed by atoms with E-state index >= 15 is 0 Å². The number of rotatable bonds is 11. The summed E-state index contributed by atoms with van der Waals surface area (Å²) in [7, 11) is -4.23. The Morgan fingerprint density at radius 3 is 2.00 bits per heavy atom. The Balaban J connectivity index is 1.88. The van der Waals surface area contributed by atoms with Crippen molar-refractivity contribution >= 4 is 50.7 Å². The molecule has 248 valence electrons. The molecule has 10 heteroatoms. The molecule has 0 saturated heterocycles. The lowest BCUT2D eigenvalue weighted by molar-refractivity contribution is -0.140. The quantitative estimate of drug-likeness (QED) is 0.175. The van der Waals surface area contributed by atoms with Crippen LogP contribution in [0.4, 0.5) is 5.69 Å². The van der Waals surface area contributed by atoms with E-state index in [0.717, 1.165) is 21.0 Å². The van der Waals surface area contributed by atoms with Gasteiger partial charge < -0.3 is 10.2 Å². The van der Waals surface area contributed by atoms with E-state index in [4.69, 9.17) is 23.2 Å². The van der Waals surface area contributed by atoms with E-state index in [1.54, 1.807) is 42.5 Å². The second-order valence-electron chi connectivity index (χ2n) is 12.7. The zero-order valence-electron chi connectivity index (χ0n) is 27.6. The number of aryl methyl sites for hydroxylation is 2. The fraction of sp³-hybridized carbons (Fsp3) is 0.297. The predicted molar refractivity (Wildman–Crippen MR) is 190 cm³/mol. The number of carbonyl (C=O) groups is 2. The first-order chi connectivity index (χ1) is 22.1. The molecule has 0 aliphatic carbocycles. The van der Waals surface area contributed by atoms with Gasteiger partial charge in [-0.2, -0.15) is 0 Å². The standard InChI is InChI=1S/C37H41Cl2N3O4S/c1-25-18-20-29(21-19-25)47(45,46)42(33-17-10-12-26(2)27(33)3)24-35(43)41(23-30-31(38)15-11-16-32(30)39)34(36(44)40-37(4,5)6)22-28-13-8-7-9-14-28/h7-21,34H,22-24H2,1-6H3,(H,40,44)/t34-/m1/s1. The Morgan fingerprint density at radius 1 is 0.809 bits per heavy atom. The monoisotopic (exact) mass is 693 g/mol. The first kappa shape index (κ1) is 36.0. The van der Waals surface area contributed by atoms with E-state index in [0.29, 0.717) is 26.9 Å². The van der Waals surface area contributed by atoms with Crippen molar-refractivity contribution in [1.29, 1.82) is 0 Å². The van der Waals surface area contributed by atoms with Crippen LogP contribution in [0, 0.1) is 20.8 Å². The predicted octanol–water partition coefficient (Wildman–Crippen LogP) is 7.67. The molecule has 0 saturated carbocycles. The number of anilines is 1. The van der Waals surface area contributed by atoms with Crippen molar-refractivity contribution in [2.45, 2.75) is 71.0 Å². The Hall–Kier alpha value is -3.85. The van der Waals surface area contributed by atoms with Crippen LogP contribution in [0.1, 0.15) is 48.6 Å². The van der Waals surface area contributed by atoms with Crippen LogP contribution >= 0.6 is 23.2 Å². The van der Waals surface area contributed by atoms with E-state index < -0.39 is 40.0 Å². The SMILES string of the molecule is Cc1ccc(S(=O)(=O)N(CC(=O)N(Cc2c(Cl)cccc2Cl)[C@H](Cc2ccccc2)C(=O)NC(C)(C)C)c2cccc(C)c2C)cc1. The lowest BCUT2D eigenvalue weighted by atomic mass is 10.0. The third kappa shape index (κ3) is 8.95. The molecule has 0 bridgehead atoms. The zero-order valence-corrected chi connectivity index (χ0v) is 29.9. The highest BCUT2D eigenvalue weighted by Crippen LogP contribution is 2.31. The molecule has 0 aromatic heterocycles. The van der Waals surface area contributed by atoms with Gasteiger partial charge in [0.15, 0.2) is 0 Å². The fourth-order valence-corrected chi connectivity index (χ4v) is 7.21. The van der Waals surface area contributed by atoms with Crippen molar-refractivity contribution < 1.29 is 18.0 Å². The molecule has 4 rings (SSSR count). The zero-order chi connectivity index (χ0) is 34.5. The number of nitrogens with zero attached hydrogens (tertiary/aromatic N) is 2. The maximum atomic E-state index is 14.7. The Kier molecular flexibility index (Phi) is 11.4. The fourth-order valence-electron chi connectivity index (χ4n) is 5.22. The summed E-state index contributed by atoms with van der Waals surface area (Å²) in [5.41, 5.74) is 3.51. The average Bonchev–Trinajstić information content (AvgIpc) is 3.00. The highest BCUT2D eigenvalue weighted by molar-refractivity contribution is 7.92.